The molecule has 67 heavy (non-hydrogen) atoms. The van der Waals surface area contributed by atoms with E-state index in [0.29, 0.717) is 120 Å². The first-order chi connectivity index (χ1) is 32.6. The highest BCUT2D eigenvalue weighted by Crippen LogP contribution is 2.31. The molecular formula is C46H45F2N17O2. The highest BCUT2D eigenvalue weighted by Gasteiger charge is 2.41. The van der Waals surface area contributed by atoms with E-state index in [-0.39, 0.29) is 41.9 Å². The molecule has 1 atom stereocenters. The summed E-state index contributed by atoms with van der Waals surface area (Å²) in [7, 11) is 1.71. The van der Waals surface area contributed by atoms with Crippen LogP contribution in [0.25, 0.3) is 45.1 Å². The van der Waals surface area contributed by atoms with Gasteiger partial charge in [-0.3, -0.25) is 29.3 Å². The van der Waals surface area contributed by atoms with Crippen molar-refractivity contribution in [3.63, 3.8) is 0 Å². The minimum absolute atomic E-state index is 0.00995. The number of rotatable bonds is 11. The summed E-state index contributed by atoms with van der Waals surface area (Å²) < 4.78 is 27.4. The zero-order valence-corrected chi connectivity index (χ0v) is 36.3. The van der Waals surface area contributed by atoms with Gasteiger partial charge in [-0.2, -0.15) is 19.9 Å². The molecule has 0 bridgehead atoms. The number of fused-ring (bicyclic) bond motifs is 2. The maximum absolute atomic E-state index is 15.0. The van der Waals surface area contributed by atoms with Crippen LogP contribution in [0.4, 0.5) is 43.7 Å². The smallest absolute Gasteiger partial charge is 0.265 e. The van der Waals surface area contributed by atoms with Crippen molar-refractivity contribution in [3.8, 4) is 22.8 Å². The van der Waals surface area contributed by atoms with Crippen LogP contribution in [-0.2, 0) is 9.59 Å². The molecule has 0 aliphatic carbocycles. The van der Waals surface area contributed by atoms with Crippen molar-refractivity contribution in [3.05, 3.63) is 115 Å². The summed E-state index contributed by atoms with van der Waals surface area (Å²) in [5.74, 6) is 0.903. The molecular weight excluding hydrogens is 861 g/mol. The summed E-state index contributed by atoms with van der Waals surface area (Å²) in [6.45, 7) is 3.54. The number of carbonyl (C=O) groups excluding carboxylic acids is 2. The second kappa shape index (κ2) is 18.0. The van der Waals surface area contributed by atoms with E-state index >= 15 is 4.79 Å². The van der Waals surface area contributed by atoms with Gasteiger partial charge in [-0.25, -0.2) is 18.7 Å². The van der Waals surface area contributed by atoms with Crippen molar-refractivity contribution in [2.45, 2.75) is 6.17 Å². The summed E-state index contributed by atoms with van der Waals surface area (Å²) >= 11 is 0. The summed E-state index contributed by atoms with van der Waals surface area (Å²) in [6, 6.07) is 24.8. The topological polar surface area (TPSA) is 227 Å². The van der Waals surface area contributed by atoms with Crippen LogP contribution in [0.15, 0.2) is 103 Å². The Morgan fingerprint density at radius 1 is 0.642 bits per heavy atom. The second-order valence-corrected chi connectivity index (χ2v) is 16.3. The summed E-state index contributed by atoms with van der Waals surface area (Å²) in [6.07, 6.45) is 2.16. The SMILES string of the molecule is CN(C(=O)C(N1CCN(c2nc(N)nc3nc(-c4ccc(F)cc4)[nH]c23)CC1)N(C(=O)CN1CCN(c2nc(N)nc3nc(-c4ccc(F)cc4)[nH]c23)CC1)c1cccnc1)c1ccccc1. The number of piperazine rings is 2. The van der Waals surface area contributed by atoms with Crippen molar-refractivity contribution >= 4 is 69.0 Å². The molecule has 2 aliphatic heterocycles. The molecule has 7 heterocycles. The lowest BCUT2D eigenvalue weighted by atomic mass is 10.2. The van der Waals surface area contributed by atoms with E-state index in [4.69, 9.17) is 11.5 Å². The first-order valence-electron chi connectivity index (χ1n) is 21.7. The van der Waals surface area contributed by atoms with Crippen LogP contribution in [-0.4, -0.2) is 139 Å². The van der Waals surface area contributed by atoms with Gasteiger partial charge in [0.05, 0.1) is 18.4 Å². The van der Waals surface area contributed by atoms with Crippen molar-refractivity contribution in [2.75, 3.05) is 97.0 Å². The highest BCUT2D eigenvalue weighted by molar-refractivity contribution is 6.06. The molecule has 3 aromatic carbocycles. The Bertz CT molecular complexity index is 3050. The number of aromatic amines is 2. The monoisotopic (exact) mass is 905 g/mol. The van der Waals surface area contributed by atoms with Crippen molar-refractivity contribution < 1.29 is 18.4 Å². The van der Waals surface area contributed by atoms with Crippen LogP contribution in [0.3, 0.4) is 0 Å². The van der Waals surface area contributed by atoms with Gasteiger partial charge in [0.25, 0.3) is 5.91 Å². The number of benzene rings is 3. The average Bonchev–Trinajstić information content (AvgIpc) is 3.98. The third kappa shape index (κ3) is 8.71. The largest absolute Gasteiger partial charge is 0.368 e. The first-order valence-corrected chi connectivity index (χ1v) is 21.7. The fourth-order valence-corrected chi connectivity index (χ4v) is 8.61. The van der Waals surface area contributed by atoms with Gasteiger partial charge in [0, 0.05) is 82.4 Å². The third-order valence-corrected chi connectivity index (χ3v) is 12.1. The van der Waals surface area contributed by atoms with E-state index in [1.54, 1.807) is 65.6 Å². The molecule has 21 heteroatoms. The Morgan fingerprint density at radius 3 is 1.66 bits per heavy atom. The van der Waals surface area contributed by atoms with Crippen LogP contribution in [0, 0.1) is 11.6 Å². The molecule has 0 saturated carbocycles. The summed E-state index contributed by atoms with van der Waals surface area (Å²) in [4.78, 5) is 79.5. The number of likely N-dealkylation sites (N-methyl/N-ethyl adjacent to an activating group) is 1. The lowest BCUT2D eigenvalue weighted by Gasteiger charge is -2.44. The minimum Gasteiger partial charge on any atom is -0.368 e. The Balaban J connectivity index is 0.906. The Hall–Kier alpha value is -8.17. The highest BCUT2D eigenvalue weighted by atomic mass is 19.1. The maximum Gasteiger partial charge on any atom is 0.265 e. The number of anilines is 6. The number of nitrogen functional groups attached to an aromatic ring is 2. The molecule has 340 valence electrons. The van der Waals surface area contributed by atoms with Gasteiger partial charge in [0.2, 0.25) is 17.8 Å². The number of pyridine rings is 1. The predicted molar refractivity (Wildman–Crippen MR) is 251 cm³/mol. The quantitative estimate of drug-likeness (QED) is 0.143. The molecule has 2 saturated heterocycles. The van der Waals surface area contributed by atoms with Gasteiger partial charge < -0.3 is 36.1 Å². The molecule has 5 aromatic heterocycles. The number of H-pyrrole nitrogens is 2. The number of hydrogen-bond donors (Lipinski definition) is 4. The maximum atomic E-state index is 15.0. The lowest BCUT2D eigenvalue weighted by molar-refractivity contribution is -0.129. The Morgan fingerprint density at radius 2 is 1.15 bits per heavy atom. The second-order valence-electron chi connectivity index (χ2n) is 16.3. The number of carbonyl (C=O) groups is 2. The average molecular weight is 906 g/mol. The van der Waals surface area contributed by atoms with Gasteiger partial charge in [-0.15, -0.1) is 0 Å². The standard InChI is InChI=1S/C46H45F2N17O2/c1-60(32-6-3-2-4-7-32)44(67)43(64-24-22-63(23-25-64)42-36-40(57-46(50)59-42)55-38(53-36)29-11-15-31(48)16-12-29)65(33-8-5-17-51-26-33)34(66)27-61-18-20-62(21-19-61)41-35-39(56-45(49)58-41)54-37(52-35)28-9-13-30(47)14-10-28/h2-17,26,43H,18-25,27H2,1H3,(H3,49,52,54,56,58)(H3,50,53,55,57,59). The van der Waals surface area contributed by atoms with Crippen LogP contribution in [0.5, 0.6) is 0 Å². The molecule has 10 rings (SSSR count). The van der Waals surface area contributed by atoms with Gasteiger partial charge in [-0.05, 0) is 72.8 Å². The number of aromatic nitrogens is 9. The molecule has 1 unspecified atom stereocenters. The van der Waals surface area contributed by atoms with Crippen molar-refractivity contribution in [1.82, 2.24) is 54.7 Å². The van der Waals surface area contributed by atoms with Crippen LogP contribution in [0.1, 0.15) is 0 Å². The number of nitrogens with two attached hydrogens (primary N) is 2. The zero-order chi connectivity index (χ0) is 46.2. The first kappa shape index (κ1) is 42.8. The number of amides is 2. The number of halogens is 2. The van der Waals surface area contributed by atoms with E-state index in [2.05, 4.69) is 54.7 Å². The van der Waals surface area contributed by atoms with E-state index in [9.17, 15) is 13.6 Å². The molecule has 2 aliphatic rings. The van der Waals surface area contributed by atoms with Gasteiger partial charge in [-0.1, -0.05) is 18.2 Å². The van der Waals surface area contributed by atoms with E-state index in [1.807, 2.05) is 40.1 Å². The van der Waals surface area contributed by atoms with Crippen molar-refractivity contribution in [2.24, 2.45) is 0 Å². The van der Waals surface area contributed by atoms with E-state index in [1.165, 1.54) is 24.3 Å². The number of hydrogen-bond acceptors (Lipinski definition) is 15. The van der Waals surface area contributed by atoms with Gasteiger partial charge >= 0.3 is 0 Å². The molecule has 19 nitrogen and oxygen atoms in total. The van der Waals surface area contributed by atoms with Crippen LogP contribution >= 0.6 is 0 Å². The normalized spacial score (nSPS) is 15.3. The van der Waals surface area contributed by atoms with E-state index < -0.39 is 6.17 Å². The molecule has 2 fully saturated rings. The third-order valence-electron chi connectivity index (χ3n) is 12.1. The number of nitrogens with one attached hydrogen (secondary N) is 2. The molecule has 8 aromatic rings. The minimum atomic E-state index is -1.06. The van der Waals surface area contributed by atoms with Crippen LogP contribution < -0.4 is 31.1 Å². The number of para-hydroxylation sites is 1. The molecule has 0 spiro atoms. The fraction of sp³-hybridized carbons (Fsp3) is 0.239. The summed E-state index contributed by atoms with van der Waals surface area (Å²) in [5.41, 5.74) is 16.8. The Kier molecular flexibility index (Phi) is 11.5. The predicted octanol–water partition coefficient (Wildman–Crippen LogP) is 4.16. The summed E-state index contributed by atoms with van der Waals surface area (Å²) in [5, 5.41) is 0. The zero-order valence-electron chi connectivity index (χ0n) is 36.3. The lowest BCUT2D eigenvalue weighted by Crippen LogP contribution is -2.64. The van der Waals surface area contributed by atoms with Crippen LogP contribution in [0.2, 0.25) is 0 Å². The number of nitrogens with zero attached hydrogens (tertiary/aromatic N) is 13. The van der Waals surface area contributed by atoms with Crippen molar-refractivity contribution in [1.29, 1.82) is 0 Å². The number of imidazole rings is 2. The van der Waals surface area contributed by atoms with Gasteiger partial charge in [0.1, 0.15) is 34.3 Å². The molecule has 0 radical (unpaired) electrons. The molecule has 6 N–H and O–H groups in total. The van der Waals surface area contributed by atoms with Gasteiger partial charge in [0.15, 0.2) is 29.1 Å². The Labute approximate surface area is 382 Å². The molecule has 2 amide bonds. The van der Waals surface area contributed by atoms with E-state index in [0.717, 1.165) is 0 Å². The fourth-order valence-electron chi connectivity index (χ4n) is 8.61.